The summed E-state index contributed by atoms with van der Waals surface area (Å²) in [4.78, 5) is 12.1. The minimum Gasteiger partial charge on any atom is -0.349 e. The van der Waals surface area contributed by atoms with E-state index in [2.05, 4.69) is 5.32 Å². The van der Waals surface area contributed by atoms with E-state index in [0.717, 1.165) is 31.2 Å². The van der Waals surface area contributed by atoms with E-state index in [4.69, 9.17) is 11.6 Å². The van der Waals surface area contributed by atoms with Gasteiger partial charge in [0.05, 0.1) is 5.56 Å². The van der Waals surface area contributed by atoms with Crippen LogP contribution in [0.25, 0.3) is 0 Å². The van der Waals surface area contributed by atoms with Gasteiger partial charge in [0, 0.05) is 29.2 Å². The molecule has 1 N–H and O–H groups in total. The van der Waals surface area contributed by atoms with E-state index in [-0.39, 0.29) is 40.0 Å². The van der Waals surface area contributed by atoms with Gasteiger partial charge in [-0.1, -0.05) is 23.7 Å². The van der Waals surface area contributed by atoms with Crippen molar-refractivity contribution in [1.82, 2.24) is 9.62 Å². The van der Waals surface area contributed by atoms with E-state index in [1.807, 2.05) is 6.07 Å². The van der Waals surface area contributed by atoms with E-state index in [9.17, 15) is 18.5 Å². The molecule has 0 radical (unpaired) electrons. The molecule has 0 heterocycles. The molecule has 0 aromatic heterocycles. The zero-order chi connectivity index (χ0) is 20.6. The zero-order valence-corrected chi connectivity index (χ0v) is 17.2. The summed E-state index contributed by atoms with van der Waals surface area (Å²) in [6.45, 7) is 0.176. The van der Waals surface area contributed by atoms with Gasteiger partial charge in [-0.2, -0.15) is 9.57 Å². The predicted octanol–water partition coefficient (Wildman–Crippen LogP) is 3.46. The molecule has 4 rings (SSSR count). The summed E-state index contributed by atoms with van der Waals surface area (Å²) < 4.78 is 28.0. The van der Waals surface area contributed by atoms with Gasteiger partial charge in [0.25, 0.3) is 5.91 Å². The number of nitrogens with zero attached hydrogens (tertiary/aromatic N) is 2. The molecule has 0 aliphatic heterocycles. The molecule has 2 fully saturated rings. The molecule has 2 aliphatic carbocycles. The first-order valence-electron chi connectivity index (χ1n) is 9.50. The molecule has 150 valence electrons. The van der Waals surface area contributed by atoms with Crippen LogP contribution < -0.4 is 5.32 Å². The van der Waals surface area contributed by atoms with Crippen molar-refractivity contribution in [3.8, 4) is 6.07 Å². The van der Waals surface area contributed by atoms with Crippen molar-refractivity contribution in [2.75, 3.05) is 0 Å². The number of benzene rings is 2. The first-order valence-corrected chi connectivity index (χ1v) is 11.3. The second kappa shape index (κ2) is 7.79. The summed E-state index contributed by atoms with van der Waals surface area (Å²) in [5.74, 6) is -0.108. The topological polar surface area (TPSA) is 90.3 Å². The summed E-state index contributed by atoms with van der Waals surface area (Å²) in [5, 5.41) is 12.5. The minimum atomic E-state index is -3.89. The van der Waals surface area contributed by atoms with Crippen molar-refractivity contribution < 1.29 is 13.2 Å². The lowest BCUT2D eigenvalue weighted by atomic mass is 10.1. The van der Waals surface area contributed by atoms with Crippen molar-refractivity contribution >= 4 is 27.5 Å². The maximum Gasteiger partial charge on any atom is 0.251 e. The molecule has 0 bridgehead atoms. The largest absolute Gasteiger partial charge is 0.349 e. The van der Waals surface area contributed by atoms with Crippen molar-refractivity contribution in [3.05, 3.63) is 64.2 Å². The summed E-state index contributed by atoms with van der Waals surface area (Å²) in [6, 6.07) is 13.4. The molecule has 2 saturated carbocycles. The van der Waals surface area contributed by atoms with Crippen LogP contribution in [0.3, 0.4) is 0 Å². The highest BCUT2D eigenvalue weighted by molar-refractivity contribution is 7.89. The molecule has 1 amide bonds. The number of hydrogen-bond acceptors (Lipinski definition) is 4. The molecule has 2 aliphatic rings. The van der Waals surface area contributed by atoms with Crippen LogP contribution in [0.2, 0.25) is 5.02 Å². The quantitative estimate of drug-likeness (QED) is 0.729. The Bertz CT molecular complexity index is 1090. The van der Waals surface area contributed by atoms with Crippen molar-refractivity contribution in [1.29, 1.82) is 5.26 Å². The smallest absolute Gasteiger partial charge is 0.251 e. The van der Waals surface area contributed by atoms with Gasteiger partial charge in [-0.05, 0) is 61.6 Å². The first kappa shape index (κ1) is 19.9. The van der Waals surface area contributed by atoms with Crippen LogP contribution >= 0.6 is 11.6 Å². The summed E-state index contributed by atoms with van der Waals surface area (Å²) in [5.41, 5.74) is 1.42. The number of hydrogen-bond donors (Lipinski definition) is 1. The third-order valence-corrected chi connectivity index (χ3v) is 7.25. The Hall–Kier alpha value is -2.40. The molecular formula is C21H20ClN3O3S. The maximum atomic E-state index is 13.3. The van der Waals surface area contributed by atoms with Gasteiger partial charge in [0.15, 0.2) is 0 Å². The SMILES string of the molecule is N#Cc1ccc(Cl)cc1S(=O)(=O)N(Cc1ccc(C(=O)NC2CC2)cc1)C1CC1. The van der Waals surface area contributed by atoms with Gasteiger partial charge in [0.1, 0.15) is 11.0 Å². The molecule has 2 aromatic rings. The Morgan fingerprint density at radius 1 is 1.14 bits per heavy atom. The van der Waals surface area contributed by atoms with E-state index in [1.165, 1.54) is 22.5 Å². The molecular weight excluding hydrogens is 410 g/mol. The highest BCUT2D eigenvalue weighted by Gasteiger charge is 2.39. The van der Waals surface area contributed by atoms with Crippen LogP contribution in [0.4, 0.5) is 0 Å². The number of amides is 1. The fraction of sp³-hybridized carbons (Fsp3) is 0.333. The number of carbonyl (C=O) groups excluding carboxylic acids is 1. The van der Waals surface area contributed by atoms with Crippen LogP contribution in [-0.4, -0.2) is 30.7 Å². The highest BCUT2D eigenvalue weighted by atomic mass is 35.5. The van der Waals surface area contributed by atoms with Gasteiger partial charge in [-0.3, -0.25) is 4.79 Å². The zero-order valence-electron chi connectivity index (χ0n) is 15.6. The number of carbonyl (C=O) groups is 1. The number of sulfonamides is 1. The Labute approximate surface area is 175 Å². The van der Waals surface area contributed by atoms with E-state index in [0.29, 0.717) is 5.56 Å². The molecule has 0 unspecified atom stereocenters. The summed E-state index contributed by atoms with van der Waals surface area (Å²) >= 11 is 6.00. The average Bonchev–Trinajstić information content (AvgIpc) is 3.61. The second-order valence-corrected chi connectivity index (χ2v) is 9.77. The molecule has 0 spiro atoms. The minimum absolute atomic E-state index is 0.0696. The molecule has 29 heavy (non-hydrogen) atoms. The Balaban J connectivity index is 1.58. The second-order valence-electron chi connectivity index (χ2n) is 7.48. The average molecular weight is 430 g/mol. The monoisotopic (exact) mass is 429 g/mol. The number of nitriles is 1. The predicted molar refractivity (Wildman–Crippen MR) is 109 cm³/mol. The Kier molecular flexibility index (Phi) is 5.34. The van der Waals surface area contributed by atoms with Gasteiger partial charge in [-0.25, -0.2) is 8.42 Å². The van der Waals surface area contributed by atoms with Gasteiger partial charge >= 0.3 is 0 Å². The standard InChI is InChI=1S/C21H20ClN3O3S/c22-17-6-5-16(12-23)20(11-17)29(27,28)25(19-9-10-19)13-14-1-3-15(4-2-14)21(26)24-18-7-8-18/h1-6,11,18-19H,7-10,13H2,(H,24,26). The first-order chi connectivity index (χ1) is 13.9. The van der Waals surface area contributed by atoms with E-state index >= 15 is 0 Å². The van der Waals surface area contributed by atoms with Gasteiger partial charge in [0.2, 0.25) is 10.0 Å². The normalized spacial score (nSPS) is 16.4. The molecule has 6 nitrogen and oxygen atoms in total. The highest BCUT2D eigenvalue weighted by Crippen LogP contribution is 2.35. The number of rotatable bonds is 7. The third kappa shape index (κ3) is 4.45. The molecule has 0 atom stereocenters. The van der Waals surface area contributed by atoms with Crippen LogP contribution in [0.5, 0.6) is 0 Å². The fourth-order valence-corrected chi connectivity index (χ4v) is 5.22. The maximum absolute atomic E-state index is 13.3. The van der Waals surface area contributed by atoms with Crippen LogP contribution in [0, 0.1) is 11.3 Å². The van der Waals surface area contributed by atoms with Crippen molar-refractivity contribution in [2.24, 2.45) is 0 Å². The lowest BCUT2D eigenvalue weighted by Crippen LogP contribution is -2.33. The fourth-order valence-electron chi connectivity index (χ4n) is 3.14. The van der Waals surface area contributed by atoms with Gasteiger partial charge < -0.3 is 5.32 Å². The van der Waals surface area contributed by atoms with Crippen molar-refractivity contribution in [3.63, 3.8) is 0 Å². The lowest BCUT2D eigenvalue weighted by Gasteiger charge is -2.23. The Morgan fingerprint density at radius 3 is 2.41 bits per heavy atom. The van der Waals surface area contributed by atoms with Crippen LogP contribution in [0.1, 0.15) is 47.2 Å². The van der Waals surface area contributed by atoms with E-state index < -0.39 is 10.0 Å². The summed E-state index contributed by atoms with van der Waals surface area (Å²) in [7, 11) is -3.89. The van der Waals surface area contributed by atoms with Gasteiger partial charge in [-0.15, -0.1) is 0 Å². The third-order valence-electron chi connectivity index (χ3n) is 5.07. The number of halogens is 1. The molecule has 2 aromatic carbocycles. The number of nitrogens with one attached hydrogen (secondary N) is 1. The van der Waals surface area contributed by atoms with Crippen LogP contribution in [0.15, 0.2) is 47.4 Å². The van der Waals surface area contributed by atoms with Crippen molar-refractivity contribution in [2.45, 2.75) is 49.2 Å². The van der Waals surface area contributed by atoms with E-state index in [1.54, 1.807) is 24.3 Å². The molecule has 0 saturated heterocycles. The molecule has 8 heteroatoms. The lowest BCUT2D eigenvalue weighted by molar-refractivity contribution is 0.0951. The summed E-state index contributed by atoms with van der Waals surface area (Å²) in [6.07, 6.45) is 3.60. The van der Waals surface area contributed by atoms with Crippen LogP contribution in [-0.2, 0) is 16.6 Å². The Morgan fingerprint density at radius 2 is 1.83 bits per heavy atom.